The summed E-state index contributed by atoms with van der Waals surface area (Å²) in [5, 5.41) is 7.74. The van der Waals surface area contributed by atoms with Gasteiger partial charge in [0.15, 0.2) is 0 Å². The van der Waals surface area contributed by atoms with Gasteiger partial charge in [-0.1, -0.05) is 0 Å². The molecule has 0 bridgehead atoms. The van der Waals surface area contributed by atoms with Crippen molar-refractivity contribution >= 4 is 5.91 Å². The molecule has 1 aliphatic heterocycles. The monoisotopic (exact) mass is 311 g/mol. The van der Waals surface area contributed by atoms with Crippen molar-refractivity contribution in [3.05, 3.63) is 11.8 Å². The van der Waals surface area contributed by atoms with Crippen molar-refractivity contribution in [3.63, 3.8) is 0 Å². The Kier molecular flexibility index (Phi) is 5.87. The van der Waals surface area contributed by atoms with Crippen LogP contribution in [0.25, 0.3) is 0 Å². The number of hydrogen-bond acceptors (Lipinski definition) is 7. The molecule has 8 nitrogen and oxygen atoms in total. The lowest BCUT2D eigenvalue weighted by Gasteiger charge is -2.34. The first kappa shape index (κ1) is 16.9. The minimum absolute atomic E-state index is 0.0496. The maximum absolute atomic E-state index is 12.3. The van der Waals surface area contributed by atoms with E-state index >= 15 is 0 Å². The number of likely N-dealkylation sites (N-methyl/N-ethyl adjacent to an activating group) is 1. The number of rotatable bonds is 6. The molecule has 0 saturated carbocycles. The van der Waals surface area contributed by atoms with E-state index in [4.69, 9.17) is 9.15 Å². The molecule has 1 aliphatic rings. The maximum Gasteiger partial charge on any atom is 0.311 e. The van der Waals surface area contributed by atoms with Gasteiger partial charge in [0, 0.05) is 32.7 Å². The molecule has 0 N–H and O–H groups in total. The average Bonchev–Trinajstić information content (AvgIpc) is 2.94. The van der Waals surface area contributed by atoms with E-state index in [1.165, 1.54) is 0 Å². The van der Waals surface area contributed by atoms with E-state index in [1.54, 1.807) is 11.9 Å². The van der Waals surface area contributed by atoms with Gasteiger partial charge in [0.25, 0.3) is 0 Å². The second-order valence-electron chi connectivity index (χ2n) is 5.92. The van der Waals surface area contributed by atoms with Gasteiger partial charge < -0.3 is 19.0 Å². The van der Waals surface area contributed by atoms with Gasteiger partial charge in [-0.05, 0) is 21.0 Å². The number of aromatic nitrogens is 2. The maximum atomic E-state index is 12.3. The van der Waals surface area contributed by atoms with Crippen molar-refractivity contribution < 1.29 is 13.9 Å². The summed E-state index contributed by atoms with van der Waals surface area (Å²) in [7, 11) is 5.57. The Morgan fingerprint density at radius 1 is 1.27 bits per heavy atom. The normalized spacial score (nSPS) is 17.7. The van der Waals surface area contributed by atoms with Gasteiger partial charge in [-0.15, -0.1) is 10.2 Å². The fraction of sp³-hybridized carbons (Fsp3) is 0.786. The van der Waals surface area contributed by atoms with Gasteiger partial charge >= 0.3 is 11.8 Å². The summed E-state index contributed by atoms with van der Waals surface area (Å²) in [6.07, 6.45) is 0. The predicted octanol–water partition coefficient (Wildman–Crippen LogP) is -0.0761. The third-order valence-electron chi connectivity index (χ3n) is 3.66. The van der Waals surface area contributed by atoms with Crippen molar-refractivity contribution in [2.45, 2.75) is 19.5 Å². The topological polar surface area (TPSA) is 74.9 Å². The van der Waals surface area contributed by atoms with Crippen LogP contribution in [0.5, 0.6) is 0 Å². The van der Waals surface area contributed by atoms with Crippen LogP contribution in [0.1, 0.15) is 23.5 Å². The number of carbonyl (C=O) groups is 1. The van der Waals surface area contributed by atoms with Crippen LogP contribution in [0.4, 0.5) is 0 Å². The molecule has 124 valence electrons. The van der Waals surface area contributed by atoms with Gasteiger partial charge in [-0.25, -0.2) is 0 Å². The minimum Gasteiger partial charge on any atom is -0.415 e. The lowest BCUT2D eigenvalue weighted by molar-refractivity contribution is 0.0138. The SMILES string of the molecule is CC(CN(C)C(=O)c1nnc(CN(C)C)o1)N1CCOCC1. The second-order valence-corrected chi connectivity index (χ2v) is 5.92. The second kappa shape index (κ2) is 7.66. The summed E-state index contributed by atoms with van der Waals surface area (Å²) in [6, 6.07) is 0.266. The molecule has 1 aromatic heterocycles. The lowest BCUT2D eigenvalue weighted by atomic mass is 10.2. The third kappa shape index (κ3) is 4.49. The van der Waals surface area contributed by atoms with E-state index in [-0.39, 0.29) is 17.8 Å². The molecule has 0 aromatic carbocycles. The summed E-state index contributed by atoms with van der Waals surface area (Å²) in [5.74, 6) is 0.258. The minimum atomic E-state index is -0.238. The van der Waals surface area contributed by atoms with Crippen LogP contribution in [0.3, 0.4) is 0 Å². The molecule has 1 atom stereocenters. The highest BCUT2D eigenvalue weighted by Gasteiger charge is 2.24. The van der Waals surface area contributed by atoms with E-state index in [0.29, 0.717) is 19.0 Å². The molecule has 0 spiro atoms. The number of ether oxygens (including phenoxy) is 1. The first-order chi connectivity index (χ1) is 10.5. The predicted molar refractivity (Wildman–Crippen MR) is 80.5 cm³/mol. The zero-order valence-corrected chi connectivity index (χ0v) is 13.8. The first-order valence-corrected chi connectivity index (χ1v) is 7.51. The zero-order valence-electron chi connectivity index (χ0n) is 13.8. The Morgan fingerprint density at radius 2 is 1.95 bits per heavy atom. The molecular weight excluding hydrogens is 286 g/mol. The van der Waals surface area contributed by atoms with Gasteiger partial charge in [0.1, 0.15) is 0 Å². The molecule has 1 unspecified atom stereocenters. The van der Waals surface area contributed by atoms with Crippen molar-refractivity contribution in [2.75, 3.05) is 54.0 Å². The standard InChI is InChI=1S/C14H25N5O3/c1-11(19-5-7-21-8-6-19)9-18(4)14(20)13-16-15-12(22-13)10-17(2)3/h11H,5-10H2,1-4H3. The molecule has 2 heterocycles. The zero-order chi connectivity index (χ0) is 16.1. The summed E-state index contributed by atoms with van der Waals surface area (Å²) < 4.78 is 10.8. The number of nitrogens with zero attached hydrogens (tertiary/aromatic N) is 5. The molecule has 1 aromatic rings. The van der Waals surface area contributed by atoms with Gasteiger partial charge in [-0.3, -0.25) is 9.69 Å². The third-order valence-corrected chi connectivity index (χ3v) is 3.66. The highest BCUT2D eigenvalue weighted by Crippen LogP contribution is 2.08. The van der Waals surface area contributed by atoms with Crippen LogP contribution in [-0.4, -0.2) is 90.8 Å². The first-order valence-electron chi connectivity index (χ1n) is 7.51. The van der Waals surface area contributed by atoms with Gasteiger partial charge in [-0.2, -0.15) is 0 Å². The Hall–Kier alpha value is -1.51. The molecule has 0 radical (unpaired) electrons. The summed E-state index contributed by atoms with van der Waals surface area (Å²) >= 11 is 0. The van der Waals surface area contributed by atoms with Crippen LogP contribution in [0, 0.1) is 0 Å². The van der Waals surface area contributed by atoms with E-state index in [2.05, 4.69) is 22.0 Å². The van der Waals surface area contributed by atoms with Crippen molar-refractivity contribution in [1.82, 2.24) is 24.9 Å². The summed E-state index contributed by atoms with van der Waals surface area (Å²) in [4.78, 5) is 18.2. The van der Waals surface area contributed by atoms with Crippen LogP contribution < -0.4 is 0 Å². The highest BCUT2D eigenvalue weighted by atomic mass is 16.5. The number of carbonyl (C=O) groups excluding carboxylic acids is 1. The Bertz CT molecular complexity index is 485. The van der Waals surface area contributed by atoms with E-state index in [9.17, 15) is 4.79 Å². The number of hydrogen-bond donors (Lipinski definition) is 0. The van der Waals surface area contributed by atoms with Crippen LogP contribution >= 0.6 is 0 Å². The number of morpholine rings is 1. The van der Waals surface area contributed by atoms with Gasteiger partial charge in [0.2, 0.25) is 5.89 Å². The molecule has 1 fully saturated rings. The quantitative estimate of drug-likeness (QED) is 0.727. The van der Waals surface area contributed by atoms with E-state index in [0.717, 1.165) is 26.3 Å². The lowest BCUT2D eigenvalue weighted by Crippen LogP contribution is -2.47. The van der Waals surface area contributed by atoms with Crippen LogP contribution in [0.15, 0.2) is 4.42 Å². The Labute approximate surface area is 131 Å². The highest BCUT2D eigenvalue weighted by molar-refractivity contribution is 5.89. The fourth-order valence-electron chi connectivity index (χ4n) is 2.45. The smallest absolute Gasteiger partial charge is 0.311 e. The van der Waals surface area contributed by atoms with Crippen LogP contribution in [-0.2, 0) is 11.3 Å². The van der Waals surface area contributed by atoms with E-state index in [1.807, 2.05) is 19.0 Å². The van der Waals surface area contributed by atoms with Crippen molar-refractivity contribution in [3.8, 4) is 0 Å². The Morgan fingerprint density at radius 3 is 2.59 bits per heavy atom. The largest absolute Gasteiger partial charge is 0.415 e. The fourth-order valence-corrected chi connectivity index (χ4v) is 2.45. The molecular formula is C14H25N5O3. The average molecular weight is 311 g/mol. The van der Waals surface area contributed by atoms with Crippen molar-refractivity contribution in [2.24, 2.45) is 0 Å². The summed E-state index contributed by atoms with van der Waals surface area (Å²) in [6.45, 7) is 6.55. The molecule has 22 heavy (non-hydrogen) atoms. The molecule has 2 rings (SSSR count). The Balaban J connectivity index is 1.89. The molecule has 1 saturated heterocycles. The number of amides is 1. The summed E-state index contributed by atoms with van der Waals surface area (Å²) in [5.41, 5.74) is 0. The van der Waals surface area contributed by atoms with E-state index < -0.39 is 0 Å². The molecule has 8 heteroatoms. The van der Waals surface area contributed by atoms with Gasteiger partial charge in [0.05, 0.1) is 19.8 Å². The van der Waals surface area contributed by atoms with Crippen LogP contribution in [0.2, 0.25) is 0 Å². The molecule has 1 amide bonds. The van der Waals surface area contributed by atoms with Crippen molar-refractivity contribution in [1.29, 1.82) is 0 Å². The molecule has 0 aliphatic carbocycles.